The Morgan fingerprint density at radius 2 is 2.29 bits per heavy atom. The lowest BCUT2D eigenvalue weighted by Gasteiger charge is -2.45. The molecule has 0 aromatic carbocycles. The average Bonchev–Trinajstić information content (AvgIpc) is 2.19. The van der Waals surface area contributed by atoms with Crippen LogP contribution in [0.4, 0.5) is 0 Å². The summed E-state index contributed by atoms with van der Waals surface area (Å²) >= 11 is 1.75. The Kier molecular flexibility index (Phi) is 4.25. The first kappa shape index (κ1) is 12.3. The first-order valence-corrected chi connectivity index (χ1v) is 6.13. The molecular formula is C10H20O3S. The van der Waals surface area contributed by atoms with Crippen LogP contribution in [-0.2, 0) is 4.74 Å². The van der Waals surface area contributed by atoms with Crippen molar-refractivity contribution in [2.24, 2.45) is 5.41 Å². The molecule has 1 aliphatic rings. The normalized spacial score (nSPS) is 32.6. The molecule has 3 nitrogen and oxygen atoms in total. The molecule has 2 N–H and O–H groups in total. The molecule has 0 saturated carbocycles. The minimum absolute atomic E-state index is 0.0299. The lowest BCUT2D eigenvalue weighted by molar-refractivity contribution is -0.120. The second kappa shape index (κ2) is 4.84. The molecule has 0 bridgehead atoms. The summed E-state index contributed by atoms with van der Waals surface area (Å²) in [7, 11) is 1.60. The van der Waals surface area contributed by atoms with Gasteiger partial charge in [-0.3, -0.25) is 0 Å². The van der Waals surface area contributed by atoms with Crippen molar-refractivity contribution in [3.63, 3.8) is 0 Å². The molecular weight excluding hydrogens is 200 g/mol. The maximum Gasteiger partial charge on any atom is 0.0835 e. The Labute approximate surface area is 89.8 Å². The molecule has 0 spiro atoms. The van der Waals surface area contributed by atoms with Crippen molar-refractivity contribution in [1.82, 2.24) is 0 Å². The molecule has 0 amide bonds. The van der Waals surface area contributed by atoms with Crippen molar-refractivity contribution in [1.29, 1.82) is 0 Å². The van der Waals surface area contributed by atoms with Crippen LogP contribution in [0.5, 0.6) is 0 Å². The third kappa shape index (κ3) is 2.24. The van der Waals surface area contributed by atoms with Crippen LogP contribution in [0.3, 0.4) is 0 Å². The smallest absolute Gasteiger partial charge is 0.0835 e. The van der Waals surface area contributed by atoms with E-state index in [0.29, 0.717) is 12.4 Å². The number of aliphatic hydroxyl groups is 2. The predicted molar refractivity (Wildman–Crippen MR) is 58.6 cm³/mol. The number of hydrogen-bond donors (Lipinski definition) is 2. The van der Waals surface area contributed by atoms with E-state index in [9.17, 15) is 10.2 Å². The number of hydrogen-bond acceptors (Lipinski definition) is 4. The molecule has 0 aromatic heterocycles. The lowest BCUT2D eigenvalue weighted by atomic mass is 9.73. The van der Waals surface area contributed by atoms with Gasteiger partial charge in [-0.25, -0.2) is 0 Å². The lowest BCUT2D eigenvalue weighted by Crippen LogP contribution is -2.54. The Balaban J connectivity index is 2.73. The van der Waals surface area contributed by atoms with Gasteiger partial charge in [0.05, 0.1) is 18.8 Å². The summed E-state index contributed by atoms with van der Waals surface area (Å²) in [5.41, 5.74) is -1.31. The number of rotatable bonds is 4. The quantitative estimate of drug-likeness (QED) is 0.739. The van der Waals surface area contributed by atoms with Crippen LogP contribution in [-0.4, -0.2) is 47.6 Å². The minimum atomic E-state index is -0.777. The molecule has 1 heterocycles. The standard InChI is InChI=1S/C10H20O3S/c1-9(6-11,7-13-2)10(12)4-3-5-14-8-10/h11-12H,3-8H2,1-2H3. The Hall–Kier alpha value is 0.230. The zero-order chi connectivity index (χ0) is 10.7. The van der Waals surface area contributed by atoms with Crippen LogP contribution >= 0.6 is 11.8 Å². The van der Waals surface area contributed by atoms with Crippen LogP contribution in [0.2, 0.25) is 0 Å². The largest absolute Gasteiger partial charge is 0.396 e. The van der Waals surface area contributed by atoms with Gasteiger partial charge in [-0.15, -0.1) is 0 Å². The molecule has 2 atom stereocenters. The van der Waals surface area contributed by atoms with Crippen LogP contribution in [0.25, 0.3) is 0 Å². The van der Waals surface area contributed by atoms with E-state index in [2.05, 4.69) is 0 Å². The van der Waals surface area contributed by atoms with Crippen molar-refractivity contribution in [2.75, 3.05) is 31.8 Å². The molecule has 14 heavy (non-hydrogen) atoms. The fraction of sp³-hybridized carbons (Fsp3) is 1.00. The summed E-state index contributed by atoms with van der Waals surface area (Å²) < 4.78 is 5.09. The maximum atomic E-state index is 10.5. The SMILES string of the molecule is COCC(C)(CO)C1(O)CCCSC1. The first-order chi connectivity index (χ1) is 6.58. The highest BCUT2D eigenvalue weighted by atomic mass is 32.2. The van der Waals surface area contributed by atoms with E-state index in [4.69, 9.17) is 4.74 Å². The zero-order valence-electron chi connectivity index (χ0n) is 8.95. The molecule has 84 valence electrons. The molecule has 2 unspecified atom stereocenters. The molecule has 0 aliphatic carbocycles. The Bertz CT molecular complexity index is 173. The third-order valence-electron chi connectivity index (χ3n) is 3.16. The average molecular weight is 220 g/mol. The monoisotopic (exact) mass is 220 g/mol. The summed E-state index contributed by atoms with van der Waals surface area (Å²) in [5, 5.41) is 19.8. The third-order valence-corrected chi connectivity index (χ3v) is 4.41. The Morgan fingerprint density at radius 1 is 1.57 bits per heavy atom. The molecule has 1 saturated heterocycles. The maximum absolute atomic E-state index is 10.5. The van der Waals surface area contributed by atoms with Crippen molar-refractivity contribution >= 4 is 11.8 Å². The first-order valence-electron chi connectivity index (χ1n) is 4.98. The van der Waals surface area contributed by atoms with E-state index >= 15 is 0 Å². The molecule has 4 heteroatoms. The second-order valence-corrected chi connectivity index (χ2v) is 5.44. The van der Waals surface area contributed by atoms with Gasteiger partial charge in [0.25, 0.3) is 0 Å². The van der Waals surface area contributed by atoms with E-state index in [1.54, 1.807) is 18.9 Å². The van der Waals surface area contributed by atoms with Gasteiger partial charge < -0.3 is 14.9 Å². The van der Waals surface area contributed by atoms with Crippen molar-refractivity contribution in [3.05, 3.63) is 0 Å². The summed E-state index contributed by atoms with van der Waals surface area (Å²) in [6.45, 7) is 2.26. The number of aliphatic hydroxyl groups excluding tert-OH is 1. The van der Waals surface area contributed by atoms with Gasteiger partial charge in [0.2, 0.25) is 0 Å². The highest BCUT2D eigenvalue weighted by Crippen LogP contribution is 2.40. The van der Waals surface area contributed by atoms with E-state index in [0.717, 1.165) is 18.6 Å². The van der Waals surface area contributed by atoms with Crippen LogP contribution < -0.4 is 0 Å². The van der Waals surface area contributed by atoms with E-state index in [1.165, 1.54) is 0 Å². The van der Waals surface area contributed by atoms with Gasteiger partial charge in [0.15, 0.2) is 0 Å². The minimum Gasteiger partial charge on any atom is -0.396 e. The van der Waals surface area contributed by atoms with Gasteiger partial charge in [-0.1, -0.05) is 6.92 Å². The van der Waals surface area contributed by atoms with Gasteiger partial charge in [0, 0.05) is 18.3 Å². The summed E-state index contributed by atoms with van der Waals surface area (Å²) in [5.74, 6) is 1.81. The highest BCUT2D eigenvalue weighted by molar-refractivity contribution is 7.99. The predicted octanol–water partition coefficient (Wildman–Crippen LogP) is 0.889. The van der Waals surface area contributed by atoms with E-state index in [1.807, 2.05) is 6.92 Å². The summed E-state index contributed by atoms with van der Waals surface area (Å²) in [6.07, 6.45) is 1.78. The van der Waals surface area contributed by atoms with Crippen LogP contribution in [0.15, 0.2) is 0 Å². The number of ether oxygens (including phenoxy) is 1. The van der Waals surface area contributed by atoms with Crippen LogP contribution in [0, 0.1) is 5.41 Å². The van der Waals surface area contributed by atoms with Gasteiger partial charge in [-0.05, 0) is 18.6 Å². The molecule has 1 fully saturated rings. The van der Waals surface area contributed by atoms with Gasteiger partial charge in [0.1, 0.15) is 0 Å². The molecule has 0 aromatic rings. The molecule has 1 aliphatic heterocycles. The van der Waals surface area contributed by atoms with Crippen molar-refractivity contribution in [3.8, 4) is 0 Å². The highest BCUT2D eigenvalue weighted by Gasteiger charge is 2.47. The summed E-state index contributed by atoms with van der Waals surface area (Å²) in [6, 6.07) is 0. The Morgan fingerprint density at radius 3 is 2.71 bits per heavy atom. The second-order valence-electron chi connectivity index (χ2n) is 4.34. The number of methoxy groups -OCH3 is 1. The van der Waals surface area contributed by atoms with E-state index < -0.39 is 11.0 Å². The zero-order valence-corrected chi connectivity index (χ0v) is 9.77. The summed E-state index contributed by atoms with van der Waals surface area (Å²) in [4.78, 5) is 0. The fourth-order valence-electron chi connectivity index (χ4n) is 1.90. The topological polar surface area (TPSA) is 49.7 Å². The molecule has 0 radical (unpaired) electrons. The molecule has 1 rings (SSSR count). The fourth-order valence-corrected chi connectivity index (χ4v) is 3.22. The van der Waals surface area contributed by atoms with E-state index in [-0.39, 0.29) is 6.61 Å². The van der Waals surface area contributed by atoms with Gasteiger partial charge in [-0.2, -0.15) is 11.8 Å². The number of thioether (sulfide) groups is 1. The van der Waals surface area contributed by atoms with Crippen LogP contribution in [0.1, 0.15) is 19.8 Å². The van der Waals surface area contributed by atoms with Gasteiger partial charge >= 0.3 is 0 Å². The van der Waals surface area contributed by atoms with Crippen molar-refractivity contribution in [2.45, 2.75) is 25.4 Å². The van der Waals surface area contributed by atoms with Crippen molar-refractivity contribution < 1.29 is 14.9 Å².